The number of anilines is 1. The minimum absolute atomic E-state index is 0.811. The summed E-state index contributed by atoms with van der Waals surface area (Å²) in [6.45, 7) is 8.74. The molecular formula is C15H21N3S. The van der Waals surface area contributed by atoms with Crippen LogP contribution < -0.4 is 4.90 Å². The number of fused-ring (bicyclic) bond motifs is 3. The summed E-state index contributed by atoms with van der Waals surface area (Å²) in [7, 11) is 0. The molecule has 1 aliphatic carbocycles. The van der Waals surface area contributed by atoms with Crippen LogP contribution in [0.25, 0.3) is 10.2 Å². The van der Waals surface area contributed by atoms with E-state index in [0.29, 0.717) is 0 Å². The van der Waals surface area contributed by atoms with Gasteiger partial charge < -0.3 is 4.90 Å². The monoisotopic (exact) mass is 275 g/mol. The maximum absolute atomic E-state index is 4.57. The molecule has 0 amide bonds. The Hall–Kier alpha value is -1.16. The predicted octanol–water partition coefficient (Wildman–Crippen LogP) is 3.66. The summed E-state index contributed by atoms with van der Waals surface area (Å²) in [5.41, 5.74) is 1.53. The van der Waals surface area contributed by atoms with Crippen LogP contribution in [-0.2, 0) is 12.8 Å². The number of aromatic nitrogens is 2. The van der Waals surface area contributed by atoms with Crippen LogP contribution in [0.1, 0.15) is 37.6 Å². The van der Waals surface area contributed by atoms with Crippen molar-refractivity contribution in [3.8, 4) is 0 Å². The van der Waals surface area contributed by atoms with Gasteiger partial charge in [0.2, 0.25) is 0 Å². The number of rotatable bonds is 3. The van der Waals surface area contributed by atoms with Gasteiger partial charge in [-0.2, -0.15) is 0 Å². The van der Waals surface area contributed by atoms with Gasteiger partial charge in [0.25, 0.3) is 0 Å². The Labute approximate surface area is 118 Å². The minimum Gasteiger partial charge on any atom is -0.357 e. The molecule has 0 unspecified atom stereocenters. The summed E-state index contributed by atoms with van der Waals surface area (Å²) in [5, 5.41) is 1.33. The highest BCUT2D eigenvalue weighted by Crippen LogP contribution is 2.40. The number of thiophene rings is 1. The van der Waals surface area contributed by atoms with Crippen molar-refractivity contribution >= 4 is 27.4 Å². The van der Waals surface area contributed by atoms with Crippen molar-refractivity contribution in [1.82, 2.24) is 9.97 Å². The van der Waals surface area contributed by atoms with Gasteiger partial charge in [0, 0.05) is 18.0 Å². The van der Waals surface area contributed by atoms with Gasteiger partial charge in [-0.3, -0.25) is 0 Å². The first-order valence-electron chi connectivity index (χ1n) is 7.24. The smallest absolute Gasteiger partial charge is 0.141 e. The normalized spacial score (nSPS) is 18.6. The third kappa shape index (κ3) is 2.12. The van der Waals surface area contributed by atoms with Gasteiger partial charge in [-0.05, 0) is 44.6 Å². The highest BCUT2D eigenvalue weighted by atomic mass is 32.1. The number of nitrogens with zero attached hydrogens (tertiary/aromatic N) is 3. The van der Waals surface area contributed by atoms with Crippen LogP contribution in [-0.4, -0.2) is 23.1 Å². The first-order valence-corrected chi connectivity index (χ1v) is 8.06. The quantitative estimate of drug-likeness (QED) is 0.856. The lowest BCUT2D eigenvalue weighted by Crippen LogP contribution is -2.23. The lowest BCUT2D eigenvalue weighted by atomic mass is 9.89. The molecule has 19 heavy (non-hydrogen) atoms. The molecule has 0 saturated heterocycles. The third-order valence-electron chi connectivity index (χ3n) is 4.13. The van der Waals surface area contributed by atoms with E-state index in [2.05, 4.69) is 35.6 Å². The van der Waals surface area contributed by atoms with Gasteiger partial charge in [-0.15, -0.1) is 11.3 Å². The lowest BCUT2D eigenvalue weighted by molar-refractivity contribution is 0.509. The molecule has 0 aromatic carbocycles. The molecule has 0 aliphatic heterocycles. The summed E-state index contributed by atoms with van der Waals surface area (Å²) >= 11 is 1.88. The topological polar surface area (TPSA) is 29.0 Å². The molecule has 3 rings (SSSR count). The number of hydrogen-bond acceptors (Lipinski definition) is 4. The van der Waals surface area contributed by atoms with Crippen LogP contribution in [0.2, 0.25) is 0 Å². The van der Waals surface area contributed by atoms with Crippen molar-refractivity contribution in [2.24, 2.45) is 5.92 Å². The van der Waals surface area contributed by atoms with Crippen LogP contribution in [0.3, 0.4) is 0 Å². The van der Waals surface area contributed by atoms with Crippen molar-refractivity contribution < 1.29 is 0 Å². The fraction of sp³-hybridized carbons (Fsp3) is 0.600. The molecule has 1 aliphatic rings. The van der Waals surface area contributed by atoms with Crippen molar-refractivity contribution in [3.63, 3.8) is 0 Å². The van der Waals surface area contributed by atoms with E-state index in [1.807, 2.05) is 11.3 Å². The van der Waals surface area contributed by atoms with E-state index in [9.17, 15) is 0 Å². The van der Waals surface area contributed by atoms with Crippen molar-refractivity contribution in [2.45, 2.75) is 40.0 Å². The molecule has 2 aromatic heterocycles. The zero-order valence-corrected chi connectivity index (χ0v) is 12.8. The van der Waals surface area contributed by atoms with Crippen LogP contribution in [0.15, 0.2) is 6.33 Å². The molecule has 0 N–H and O–H groups in total. The Kier molecular flexibility index (Phi) is 3.44. The van der Waals surface area contributed by atoms with E-state index in [4.69, 9.17) is 0 Å². The predicted molar refractivity (Wildman–Crippen MR) is 82.2 cm³/mol. The second kappa shape index (κ2) is 5.08. The van der Waals surface area contributed by atoms with Crippen molar-refractivity contribution in [3.05, 3.63) is 16.8 Å². The van der Waals surface area contributed by atoms with Crippen molar-refractivity contribution in [2.75, 3.05) is 18.0 Å². The van der Waals surface area contributed by atoms with E-state index in [1.54, 1.807) is 11.2 Å². The fourth-order valence-corrected chi connectivity index (χ4v) is 4.37. The number of aryl methyl sites for hydroxylation is 1. The van der Waals surface area contributed by atoms with Crippen LogP contribution in [0.4, 0.5) is 5.82 Å². The molecule has 2 aromatic rings. The molecule has 0 radical (unpaired) electrons. The molecule has 4 heteroatoms. The van der Waals surface area contributed by atoms with E-state index >= 15 is 0 Å². The maximum atomic E-state index is 4.57. The molecule has 0 fully saturated rings. The molecule has 0 spiro atoms. The Morgan fingerprint density at radius 1 is 1.32 bits per heavy atom. The van der Waals surface area contributed by atoms with Gasteiger partial charge >= 0.3 is 0 Å². The molecule has 3 nitrogen and oxygen atoms in total. The molecule has 2 heterocycles. The van der Waals surface area contributed by atoms with Crippen LogP contribution >= 0.6 is 11.3 Å². The summed E-state index contributed by atoms with van der Waals surface area (Å²) in [6, 6.07) is 0. The van der Waals surface area contributed by atoms with Crippen LogP contribution in [0.5, 0.6) is 0 Å². The summed E-state index contributed by atoms with van der Waals surface area (Å²) in [5.74, 6) is 1.95. The average Bonchev–Trinajstić information content (AvgIpc) is 2.78. The van der Waals surface area contributed by atoms with E-state index in [-0.39, 0.29) is 0 Å². The Bertz CT molecular complexity index is 586. The van der Waals surface area contributed by atoms with Gasteiger partial charge in [0.05, 0.1) is 5.39 Å². The summed E-state index contributed by atoms with van der Waals surface area (Å²) in [4.78, 5) is 14.1. The standard InChI is InChI=1S/C15H21N3S/c1-4-18(5-2)14-13-11-7-6-10(3)8-12(11)19-15(13)17-9-16-14/h9-10H,4-8H2,1-3H3/t10-/m1/s1. The van der Waals surface area contributed by atoms with Gasteiger partial charge in [-0.25, -0.2) is 9.97 Å². The van der Waals surface area contributed by atoms with Gasteiger partial charge in [-0.1, -0.05) is 6.92 Å². The Morgan fingerprint density at radius 3 is 2.84 bits per heavy atom. The second-order valence-electron chi connectivity index (χ2n) is 5.40. The lowest BCUT2D eigenvalue weighted by Gasteiger charge is -2.22. The molecule has 102 valence electrons. The highest BCUT2D eigenvalue weighted by Gasteiger charge is 2.24. The zero-order valence-electron chi connectivity index (χ0n) is 11.9. The molecule has 1 atom stereocenters. The fourth-order valence-electron chi connectivity index (χ4n) is 3.02. The van der Waals surface area contributed by atoms with E-state index in [1.165, 1.54) is 35.0 Å². The SMILES string of the molecule is CCN(CC)c1ncnc2sc3c(c12)CC[C@@H](C)C3. The zero-order chi connectivity index (χ0) is 13.4. The summed E-state index contributed by atoms with van der Waals surface area (Å²) in [6.07, 6.45) is 5.43. The maximum Gasteiger partial charge on any atom is 0.141 e. The van der Waals surface area contributed by atoms with Gasteiger partial charge in [0.15, 0.2) is 0 Å². The van der Waals surface area contributed by atoms with Gasteiger partial charge in [0.1, 0.15) is 17.0 Å². The molecular weight excluding hydrogens is 254 g/mol. The van der Waals surface area contributed by atoms with Crippen LogP contribution in [0, 0.1) is 5.92 Å². The first-order chi connectivity index (χ1) is 9.24. The average molecular weight is 275 g/mol. The second-order valence-corrected chi connectivity index (χ2v) is 6.49. The third-order valence-corrected chi connectivity index (χ3v) is 5.30. The van der Waals surface area contributed by atoms with E-state index in [0.717, 1.165) is 24.8 Å². The molecule has 0 bridgehead atoms. The summed E-state index contributed by atoms with van der Waals surface area (Å²) < 4.78 is 0. The number of hydrogen-bond donors (Lipinski definition) is 0. The largest absolute Gasteiger partial charge is 0.357 e. The van der Waals surface area contributed by atoms with E-state index < -0.39 is 0 Å². The Balaban J connectivity index is 2.19. The van der Waals surface area contributed by atoms with Crippen molar-refractivity contribution in [1.29, 1.82) is 0 Å². The molecule has 0 saturated carbocycles. The highest BCUT2D eigenvalue weighted by molar-refractivity contribution is 7.19. The minimum atomic E-state index is 0.811. The first kappa shape index (κ1) is 12.9. The Morgan fingerprint density at radius 2 is 2.11 bits per heavy atom.